The zero-order chi connectivity index (χ0) is 32.3. The maximum Gasteiger partial charge on any atom is 0.285 e. The van der Waals surface area contributed by atoms with E-state index in [9.17, 15) is 19.5 Å². The number of aromatic hydroxyl groups is 1. The lowest BCUT2D eigenvalue weighted by Crippen LogP contribution is -2.42. The first-order chi connectivity index (χ1) is 21.8. The number of carbonyl (C=O) groups excluding carboxylic acids is 3. The van der Waals surface area contributed by atoms with Crippen molar-refractivity contribution in [2.24, 2.45) is 4.99 Å². The highest BCUT2D eigenvalue weighted by molar-refractivity contribution is 14.1. The normalized spacial score (nSPS) is 14.7. The number of aliphatic imine (C=N–C) groups is 1. The number of ether oxygens (including phenoxy) is 1. The van der Waals surface area contributed by atoms with Crippen LogP contribution in [0.2, 0.25) is 0 Å². The maximum absolute atomic E-state index is 13.9. The van der Waals surface area contributed by atoms with Gasteiger partial charge < -0.3 is 15.2 Å². The van der Waals surface area contributed by atoms with Crippen LogP contribution in [0.25, 0.3) is 6.08 Å². The molecule has 3 aromatic carbocycles. The number of amidine groups is 1. The Balaban J connectivity index is 1.64. The van der Waals surface area contributed by atoms with Crippen molar-refractivity contribution < 1.29 is 24.2 Å². The number of amides is 3. The molecule has 1 aliphatic heterocycles. The predicted molar refractivity (Wildman–Crippen MR) is 188 cm³/mol. The molecular weight excluding hydrogens is 701 g/mol. The second-order valence-electron chi connectivity index (χ2n) is 9.60. The van der Waals surface area contributed by atoms with Crippen LogP contribution in [0.5, 0.6) is 11.5 Å². The number of nitrogens with one attached hydrogen (secondary N) is 1. The summed E-state index contributed by atoms with van der Waals surface area (Å²) in [6, 6.07) is 22.1. The zero-order valence-electron chi connectivity index (χ0n) is 24.8. The molecule has 0 unspecified atom stereocenters. The van der Waals surface area contributed by atoms with Crippen molar-refractivity contribution in [1.82, 2.24) is 10.2 Å². The molecule has 1 aliphatic rings. The van der Waals surface area contributed by atoms with Crippen LogP contribution >= 0.6 is 34.4 Å². The van der Waals surface area contributed by atoms with Gasteiger partial charge in [0.2, 0.25) is 5.91 Å². The zero-order valence-corrected chi connectivity index (χ0v) is 27.7. The van der Waals surface area contributed by atoms with E-state index in [4.69, 9.17) is 4.74 Å². The van der Waals surface area contributed by atoms with Gasteiger partial charge in [-0.15, -0.1) is 0 Å². The SMILES string of the molecule is C=C/C=C\C(=C/C)N1C(=O)/C(=C/c2cc(I)c(O)c(OCC)c2)C(=O)N=C1SCC(=O)NC(c1ccccc1)c1ccccc1. The number of halogens is 1. The van der Waals surface area contributed by atoms with Gasteiger partial charge in [-0.3, -0.25) is 19.3 Å². The van der Waals surface area contributed by atoms with Gasteiger partial charge >= 0.3 is 0 Å². The fourth-order valence-electron chi connectivity index (χ4n) is 4.50. The minimum Gasteiger partial charge on any atom is -0.504 e. The summed E-state index contributed by atoms with van der Waals surface area (Å²) in [5.41, 5.74) is 2.60. The number of hydrogen-bond donors (Lipinski definition) is 2. The van der Waals surface area contributed by atoms with Crippen molar-refractivity contribution in [2.45, 2.75) is 19.9 Å². The fourth-order valence-corrected chi connectivity index (χ4v) is 5.94. The minimum atomic E-state index is -0.741. The number of hydrogen-bond acceptors (Lipinski definition) is 6. The summed E-state index contributed by atoms with van der Waals surface area (Å²) in [6.07, 6.45) is 8.04. The van der Waals surface area contributed by atoms with Crippen LogP contribution in [0.15, 0.2) is 120 Å². The Morgan fingerprint density at radius 3 is 2.33 bits per heavy atom. The monoisotopic (exact) mass is 733 g/mol. The molecule has 0 aliphatic carbocycles. The Hall–Kier alpha value is -4.42. The molecule has 0 bridgehead atoms. The van der Waals surface area contributed by atoms with Crippen molar-refractivity contribution in [3.05, 3.63) is 135 Å². The number of benzene rings is 3. The summed E-state index contributed by atoms with van der Waals surface area (Å²) < 4.78 is 6.01. The molecule has 2 N–H and O–H groups in total. The molecular formula is C35H32IN3O5S. The van der Waals surface area contributed by atoms with Crippen molar-refractivity contribution in [1.29, 1.82) is 0 Å². The lowest BCUT2D eigenvalue weighted by molar-refractivity contribution is -0.126. The topological polar surface area (TPSA) is 108 Å². The van der Waals surface area contributed by atoms with Gasteiger partial charge in [-0.2, -0.15) is 4.99 Å². The average molecular weight is 734 g/mol. The van der Waals surface area contributed by atoms with Gasteiger partial charge in [-0.1, -0.05) is 97.2 Å². The average Bonchev–Trinajstić information content (AvgIpc) is 3.05. The highest BCUT2D eigenvalue weighted by Crippen LogP contribution is 2.34. The molecule has 10 heteroatoms. The summed E-state index contributed by atoms with van der Waals surface area (Å²) in [5.74, 6) is -1.53. The molecule has 1 heterocycles. The molecule has 3 aromatic rings. The molecule has 0 aromatic heterocycles. The second kappa shape index (κ2) is 16.1. The number of carbonyl (C=O) groups is 3. The summed E-state index contributed by atoms with van der Waals surface area (Å²) in [4.78, 5) is 46.1. The van der Waals surface area contributed by atoms with Gasteiger partial charge in [0.1, 0.15) is 5.57 Å². The highest BCUT2D eigenvalue weighted by atomic mass is 127. The van der Waals surface area contributed by atoms with Crippen LogP contribution in [-0.2, 0) is 14.4 Å². The van der Waals surface area contributed by atoms with Gasteiger partial charge in [0.25, 0.3) is 11.8 Å². The van der Waals surface area contributed by atoms with Crippen LogP contribution in [0.4, 0.5) is 0 Å². The summed E-state index contributed by atoms with van der Waals surface area (Å²) in [7, 11) is 0. The van der Waals surface area contributed by atoms with E-state index in [1.165, 1.54) is 11.0 Å². The van der Waals surface area contributed by atoms with Crippen molar-refractivity contribution in [2.75, 3.05) is 12.4 Å². The third-order valence-electron chi connectivity index (χ3n) is 6.57. The summed E-state index contributed by atoms with van der Waals surface area (Å²) >= 11 is 2.95. The second-order valence-corrected chi connectivity index (χ2v) is 11.7. The van der Waals surface area contributed by atoms with E-state index < -0.39 is 11.8 Å². The van der Waals surface area contributed by atoms with Gasteiger partial charge in [0, 0.05) is 5.70 Å². The molecule has 230 valence electrons. The van der Waals surface area contributed by atoms with E-state index in [1.54, 1.807) is 50.3 Å². The van der Waals surface area contributed by atoms with Crippen molar-refractivity contribution in [3.8, 4) is 11.5 Å². The van der Waals surface area contributed by atoms with Crippen molar-refractivity contribution in [3.63, 3.8) is 0 Å². The van der Waals surface area contributed by atoms with E-state index in [1.807, 2.05) is 83.3 Å². The molecule has 0 spiro atoms. The number of nitrogens with zero attached hydrogens (tertiary/aromatic N) is 2. The number of thioether (sulfide) groups is 1. The molecule has 4 rings (SSSR count). The van der Waals surface area contributed by atoms with E-state index >= 15 is 0 Å². The van der Waals surface area contributed by atoms with E-state index in [0.717, 1.165) is 22.9 Å². The van der Waals surface area contributed by atoms with Gasteiger partial charge in [0.05, 0.1) is 22.0 Å². The van der Waals surface area contributed by atoms with Crippen LogP contribution in [-0.4, -0.2) is 45.3 Å². The molecule has 45 heavy (non-hydrogen) atoms. The summed E-state index contributed by atoms with van der Waals surface area (Å²) in [5, 5.41) is 13.5. The highest BCUT2D eigenvalue weighted by Gasteiger charge is 2.35. The standard InChI is InChI=1S/C35H32IN3O5S/c1-4-7-18-26(5-2)39-34(43)27(19-23-20-28(36)32(41)29(21-23)44-6-3)33(42)38-35(39)45-22-30(40)37-31(24-14-10-8-11-15-24)25-16-12-9-13-17-25/h4-5,7-21,31,41H,1,6,22H2,2-3H3,(H,37,40)/b18-7-,26-5+,27-19+. The molecule has 0 atom stereocenters. The first-order valence-electron chi connectivity index (χ1n) is 14.1. The molecule has 0 saturated heterocycles. The number of allylic oxidation sites excluding steroid dienone is 4. The lowest BCUT2D eigenvalue weighted by atomic mass is 9.99. The Kier molecular flexibility index (Phi) is 11.9. The largest absolute Gasteiger partial charge is 0.504 e. The number of phenolic OH excluding ortho intramolecular Hbond substituents is 1. The molecule has 0 radical (unpaired) electrons. The Labute approximate surface area is 280 Å². The third kappa shape index (κ3) is 8.40. The molecule has 3 amide bonds. The van der Waals surface area contributed by atoms with Crippen LogP contribution < -0.4 is 10.1 Å². The van der Waals surface area contributed by atoms with Crippen LogP contribution in [0.3, 0.4) is 0 Å². The molecule has 0 fully saturated rings. The Morgan fingerprint density at radius 2 is 1.76 bits per heavy atom. The van der Waals surface area contributed by atoms with Gasteiger partial charge in [-0.05, 0) is 77.4 Å². The predicted octanol–water partition coefficient (Wildman–Crippen LogP) is 6.79. The van der Waals surface area contributed by atoms with Gasteiger partial charge in [-0.25, -0.2) is 0 Å². The van der Waals surface area contributed by atoms with Crippen molar-refractivity contribution >= 4 is 63.3 Å². The fraction of sp³-hybridized carbons (Fsp3) is 0.143. The molecule has 0 saturated carbocycles. The molecule has 8 nitrogen and oxygen atoms in total. The first kappa shape index (κ1) is 33.5. The number of rotatable bonds is 11. The quantitative estimate of drug-likeness (QED) is 0.0974. The van der Waals surface area contributed by atoms with Gasteiger partial charge in [0.15, 0.2) is 16.7 Å². The Morgan fingerprint density at radius 1 is 1.11 bits per heavy atom. The van der Waals surface area contributed by atoms with Crippen LogP contribution in [0, 0.1) is 3.57 Å². The van der Waals surface area contributed by atoms with E-state index in [2.05, 4.69) is 16.9 Å². The third-order valence-corrected chi connectivity index (χ3v) is 8.34. The summed E-state index contributed by atoms with van der Waals surface area (Å²) in [6.45, 7) is 7.57. The Bertz CT molecular complexity index is 1660. The smallest absolute Gasteiger partial charge is 0.285 e. The lowest BCUT2D eigenvalue weighted by Gasteiger charge is -2.28. The first-order valence-corrected chi connectivity index (χ1v) is 16.2. The number of phenols is 1. The van der Waals surface area contributed by atoms with E-state index in [-0.39, 0.29) is 39.9 Å². The minimum absolute atomic E-state index is 0.0231. The van der Waals surface area contributed by atoms with E-state index in [0.29, 0.717) is 21.4 Å². The van der Waals surface area contributed by atoms with Crippen LogP contribution in [0.1, 0.15) is 36.6 Å². The maximum atomic E-state index is 13.9.